The Kier molecular flexibility index (Phi) is 4.82. The van der Waals surface area contributed by atoms with Crippen LogP contribution < -0.4 is 5.43 Å². The second kappa shape index (κ2) is 7.43. The molecule has 0 bridgehead atoms. The number of carbonyl (C=O) groups is 1. The molecule has 28 heavy (non-hydrogen) atoms. The summed E-state index contributed by atoms with van der Waals surface area (Å²) in [6.45, 7) is 3.60. The molecule has 0 spiro atoms. The Morgan fingerprint density at radius 1 is 1.36 bits per heavy atom. The van der Waals surface area contributed by atoms with Gasteiger partial charge in [-0.25, -0.2) is 9.50 Å². The summed E-state index contributed by atoms with van der Waals surface area (Å²) in [5.74, 6) is -0.915. The van der Waals surface area contributed by atoms with Crippen molar-refractivity contribution in [2.45, 2.75) is 19.3 Å². The number of aromatic hydroxyl groups is 1. The average Bonchev–Trinajstić information content (AvgIpc) is 3.13. The molecule has 9 heteroatoms. The van der Waals surface area contributed by atoms with E-state index < -0.39 is 17.1 Å². The normalized spacial score (nSPS) is 15.7. The predicted molar refractivity (Wildman–Crippen MR) is 98.2 cm³/mol. The van der Waals surface area contributed by atoms with Gasteiger partial charge in [-0.05, 0) is 13.0 Å². The van der Waals surface area contributed by atoms with E-state index in [-0.39, 0.29) is 18.1 Å². The topological polar surface area (TPSA) is 110 Å². The molecule has 1 aliphatic heterocycles. The quantitative estimate of drug-likeness (QED) is 0.716. The molecule has 3 aromatic rings. The van der Waals surface area contributed by atoms with E-state index >= 15 is 0 Å². The fraction of sp³-hybridized carbons (Fsp3) is 0.368. The Labute approximate surface area is 160 Å². The molecule has 1 N–H and O–H groups in total. The summed E-state index contributed by atoms with van der Waals surface area (Å²) in [6.07, 6.45) is 4.95. The van der Waals surface area contributed by atoms with Crippen molar-refractivity contribution in [1.82, 2.24) is 19.5 Å². The summed E-state index contributed by atoms with van der Waals surface area (Å²) in [4.78, 5) is 31.1. The molecule has 1 saturated heterocycles. The molecule has 1 unspecified atom stereocenters. The number of fused-ring (bicyclic) bond motifs is 1. The Balaban J connectivity index is 1.79. The number of hydrogen-bond acceptors (Lipinski definition) is 7. The summed E-state index contributed by atoms with van der Waals surface area (Å²) >= 11 is 0. The van der Waals surface area contributed by atoms with Gasteiger partial charge in [-0.2, -0.15) is 5.10 Å². The number of aryl methyl sites for hydroxylation is 1. The third-order valence-electron chi connectivity index (χ3n) is 4.81. The molecule has 0 aliphatic carbocycles. The van der Waals surface area contributed by atoms with Gasteiger partial charge in [0.05, 0.1) is 25.3 Å². The van der Waals surface area contributed by atoms with Crippen LogP contribution in [0.15, 0.2) is 39.9 Å². The Morgan fingerprint density at radius 3 is 2.93 bits per heavy atom. The van der Waals surface area contributed by atoms with Gasteiger partial charge in [0.2, 0.25) is 17.1 Å². The fourth-order valence-corrected chi connectivity index (χ4v) is 3.41. The average molecular weight is 384 g/mol. The Bertz CT molecular complexity index is 1070. The van der Waals surface area contributed by atoms with E-state index in [0.29, 0.717) is 43.3 Å². The second-order valence-electron chi connectivity index (χ2n) is 6.67. The summed E-state index contributed by atoms with van der Waals surface area (Å²) < 4.78 is 12.6. The van der Waals surface area contributed by atoms with Crippen molar-refractivity contribution in [2.75, 3.05) is 26.3 Å². The molecule has 9 nitrogen and oxygen atoms in total. The lowest BCUT2D eigenvalue weighted by Crippen LogP contribution is -2.41. The smallest absolute Gasteiger partial charge is 0.227 e. The van der Waals surface area contributed by atoms with Crippen LogP contribution in [0.5, 0.6) is 5.75 Å². The van der Waals surface area contributed by atoms with Crippen LogP contribution >= 0.6 is 0 Å². The van der Waals surface area contributed by atoms with Gasteiger partial charge in [-0.3, -0.25) is 9.59 Å². The first-order valence-electron chi connectivity index (χ1n) is 9.02. The molecule has 3 aromatic heterocycles. The van der Waals surface area contributed by atoms with Gasteiger partial charge in [0.15, 0.2) is 11.4 Å². The highest BCUT2D eigenvalue weighted by Gasteiger charge is 2.31. The van der Waals surface area contributed by atoms with Crippen molar-refractivity contribution in [1.29, 1.82) is 0 Å². The minimum Gasteiger partial charge on any atom is -0.502 e. The Hall–Kier alpha value is -3.20. The van der Waals surface area contributed by atoms with E-state index in [4.69, 9.17) is 9.15 Å². The first-order chi connectivity index (χ1) is 13.5. The van der Waals surface area contributed by atoms with Gasteiger partial charge < -0.3 is 19.2 Å². The van der Waals surface area contributed by atoms with Gasteiger partial charge in [0.25, 0.3) is 0 Å². The van der Waals surface area contributed by atoms with E-state index in [1.165, 1.54) is 6.07 Å². The van der Waals surface area contributed by atoms with Crippen molar-refractivity contribution in [3.8, 4) is 5.75 Å². The van der Waals surface area contributed by atoms with Crippen molar-refractivity contribution < 1.29 is 19.1 Å². The number of amides is 1. The summed E-state index contributed by atoms with van der Waals surface area (Å²) in [5.41, 5.74) is 0.587. The number of morpholine rings is 1. The Morgan fingerprint density at radius 2 is 2.14 bits per heavy atom. The number of aromatic nitrogens is 3. The van der Waals surface area contributed by atoms with E-state index in [1.54, 1.807) is 41.0 Å². The van der Waals surface area contributed by atoms with Crippen LogP contribution in [0.2, 0.25) is 0 Å². The molecule has 1 aliphatic rings. The fourth-order valence-electron chi connectivity index (χ4n) is 3.41. The predicted octanol–water partition coefficient (Wildman–Crippen LogP) is 1.08. The van der Waals surface area contributed by atoms with Gasteiger partial charge in [0.1, 0.15) is 5.76 Å². The maximum Gasteiger partial charge on any atom is 0.227 e. The first-order valence-corrected chi connectivity index (χ1v) is 9.02. The van der Waals surface area contributed by atoms with Crippen LogP contribution in [0.25, 0.3) is 5.65 Å². The number of rotatable bonds is 4. The largest absolute Gasteiger partial charge is 0.502 e. The highest BCUT2D eigenvalue weighted by molar-refractivity contribution is 5.78. The summed E-state index contributed by atoms with van der Waals surface area (Å²) in [6, 6.07) is 2.95. The molecule has 1 fully saturated rings. The second-order valence-corrected chi connectivity index (χ2v) is 6.67. The van der Waals surface area contributed by atoms with E-state index in [0.717, 1.165) is 0 Å². The van der Waals surface area contributed by atoms with Crippen LogP contribution in [-0.4, -0.2) is 56.8 Å². The van der Waals surface area contributed by atoms with Crippen molar-refractivity contribution >= 4 is 11.6 Å². The lowest BCUT2D eigenvalue weighted by Gasteiger charge is -2.28. The van der Waals surface area contributed by atoms with Crippen molar-refractivity contribution in [2.24, 2.45) is 0 Å². The standard InChI is InChI=1S/C19H20N4O5/c1-12-9-15(24)17(26)18(28-12)13(10-16(25)22-5-7-27-8-6-22)14-11-21-23-4-2-3-20-19(14)23/h2-4,9,11,13,26H,5-8,10H2,1H3. The highest BCUT2D eigenvalue weighted by Crippen LogP contribution is 2.35. The van der Waals surface area contributed by atoms with Crippen molar-refractivity contribution in [3.05, 3.63) is 58.0 Å². The van der Waals surface area contributed by atoms with Gasteiger partial charge in [-0.15, -0.1) is 0 Å². The third kappa shape index (κ3) is 3.36. The number of hydrogen-bond donors (Lipinski definition) is 1. The van der Waals surface area contributed by atoms with Crippen LogP contribution in [-0.2, 0) is 9.53 Å². The molecule has 0 aromatic carbocycles. The molecule has 4 rings (SSSR count). The zero-order valence-electron chi connectivity index (χ0n) is 15.4. The molecule has 4 heterocycles. The zero-order chi connectivity index (χ0) is 19.7. The third-order valence-corrected chi connectivity index (χ3v) is 4.81. The lowest BCUT2D eigenvalue weighted by molar-refractivity contribution is -0.135. The van der Waals surface area contributed by atoms with Gasteiger partial charge in [-0.1, -0.05) is 0 Å². The maximum absolute atomic E-state index is 12.9. The summed E-state index contributed by atoms with van der Waals surface area (Å²) in [7, 11) is 0. The molecular formula is C19H20N4O5. The molecular weight excluding hydrogens is 364 g/mol. The zero-order valence-corrected chi connectivity index (χ0v) is 15.4. The number of ether oxygens (including phenoxy) is 1. The minimum absolute atomic E-state index is 0.0118. The van der Waals surface area contributed by atoms with Crippen LogP contribution in [0, 0.1) is 6.92 Å². The highest BCUT2D eigenvalue weighted by atomic mass is 16.5. The molecule has 0 radical (unpaired) electrons. The van der Waals surface area contributed by atoms with E-state index in [1.807, 2.05) is 0 Å². The molecule has 146 valence electrons. The van der Waals surface area contributed by atoms with Gasteiger partial charge >= 0.3 is 0 Å². The van der Waals surface area contributed by atoms with E-state index in [2.05, 4.69) is 10.1 Å². The van der Waals surface area contributed by atoms with E-state index in [9.17, 15) is 14.7 Å². The summed E-state index contributed by atoms with van der Waals surface area (Å²) in [5, 5.41) is 14.7. The molecule has 1 atom stereocenters. The lowest BCUT2D eigenvalue weighted by atomic mass is 9.93. The monoisotopic (exact) mass is 384 g/mol. The molecule has 1 amide bonds. The minimum atomic E-state index is -0.699. The van der Waals surface area contributed by atoms with Crippen LogP contribution in [0.1, 0.15) is 29.4 Å². The maximum atomic E-state index is 12.9. The van der Waals surface area contributed by atoms with Crippen molar-refractivity contribution in [3.63, 3.8) is 0 Å². The molecule has 0 saturated carbocycles. The number of nitrogens with zero attached hydrogens (tertiary/aromatic N) is 4. The van der Waals surface area contributed by atoms with Gasteiger partial charge in [0, 0.05) is 43.5 Å². The number of carbonyl (C=O) groups excluding carboxylic acids is 1. The SMILES string of the molecule is Cc1cc(=O)c(O)c(C(CC(=O)N2CCOCC2)c2cnn3cccnc23)o1. The van der Waals surface area contributed by atoms with Crippen LogP contribution in [0.3, 0.4) is 0 Å². The first kappa shape index (κ1) is 18.2. The van der Waals surface area contributed by atoms with Crippen LogP contribution in [0.4, 0.5) is 0 Å².